The molecule has 0 spiro atoms. The van der Waals surface area contributed by atoms with E-state index in [2.05, 4.69) is 25.3 Å². The molecule has 0 unspecified atom stereocenters. The summed E-state index contributed by atoms with van der Waals surface area (Å²) in [6.07, 6.45) is 6.50. The molecule has 29 heavy (non-hydrogen) atoms. The minimum absolute atomic E-state index is 0.0393. The molecule has 7 nitrogen and oxygen atoms in total. The van der Waals surface area contributed by atoms with Crippen LogP contribution in [-0.2, 0) is 6.54 Å². The Morgan fingerprint density at radius 1 is 1.14 bits per heavy atom. The molecule has 1 amide bonds. The molecular weight excluding hydrogens is 373 g/mol. The summed E-state index contributed by atoms with van der Waals surface area (Å²) in [5, 5.41) is 6.51. The summed E-state index contributed by atoms with van der Waals surface area (Å²) in [7, 11) is 0. The van der Waals surface area contributed by atoms with Crippen molar-refractivity contribution in [3.63, 3.8) is 0 Å². The Hall–Kier alpha value is -3.29. The molecule has 150 valence electrons. The number of benzene rings is 1. The lowest BCUT2D eigenvalue weighted by Crippen LogP contribution is -2.24. The maximum absolute atomic E-state index is 13.7. The number of nitrogens with one attached hydrogen (secondary N) is 1. The van der Waals surface area contributed by atoms with E-state index in [0.29, 0.717) is 11.4 Å². The zero-order chi connectivity index (χ0) is 20.1. The minimum Gasteiger partial charge on any atom is -0.357 e. The van der Waals surface area contributed by atoms with Crippen LogP contribution in [0.5, 0.6) is 0 Å². The third kappa shape index (κ3) is 4.59. The fraction of sp³-hybridized carbons (Fsp3) is 0.333. The van der Waals surface area contributed by atoms with Gasteiger partial charge in [-0.1, -0.05) is 36.2 Å². The largest absolute Gasteiger partial charge is 0.357 e. The maximum Gasteiger partial charge on any atom is 0.316 e. The van der Waals surface area contributed by atoms with Gasteiger partial charge in [-0.3, -0.25) is 4.79 Å². The number of hydrogen-bond acceptors (Lipinski definition) is 6. The Kier molecular flexibility index (Phi) is 5.79. The Morgan fingerprint density at radius 2 is 1.93 bits per heavy atom. The molecule has 1 fully saturated rings. The van der Waals surface area contributed by atoms with Crippen LogP contribution in [0.4, 0.5) is 10.2 Å². The van der Waals surface area contributed by atoms with E-state index in [9.17, 15) is 9.18 Å². The van der Waals surface area contributed by atoms with Gasteiger partial charge < -0.3 is 14.7 Å². The highest BCUT2D eigenvalue weighted by Gasteiger charge is 2.18. The SMILES string of the molecule is O=C(NCc1ccccc1F)c1nc(-c2ccnc(N3CCCCCC3)c2)no1. The highest BCUT2D eigenvalue weighted by atomic mass is 19.1. The zero-order valence-corrected chi connectivity index (χ0v) is 16.0. The van der Waals surface area contributed by atoms with E-state index in [1.807, 2.05) is 6.07 Å². The van der Waals surface area contributed by atoms with Crippen molar-refractivity contribution in [1.29, 1.82) is 0 Å². The number of pyridine rings is 1. The summed E-state index contributed by atoms with van der Waals surface area (Å²) >= 11 is 0. The molecule has 0 saturated carbocycles. The number of aromatic nitrogens is 3. The summed E-state index contributed by atoms with van der Waals surface area (Å²) in [6.45, 7) is 2.00. The number of carbonyl (C=O) groups excluding carboxylic acids is 1. The number of amides is 1. The first kappa shape index (κ1) is 19.0. The fourth-order valence-electron chi connectivity index (χ4n) is 3.36. The minimum atomic E-state index is -0.547. The summed E-state index contributed by atoms with van der Waals surface area (Å²) in [4.78, 5) is 23.2. The molecule has 0 radical (unpaired) electrons. The van der Waals surface area contributed by atoms with Gasteiger partial charge in [-0.25, -0.2) is 9.37 Å². The van der Waals surface area contributed by atoms with Crippen molar-refractivity contribution in [2.24, 2.45) is 0 Å². The number of anilines is 1. The van der Waals surface area contributed by atoms with E-state index in [4.69, 9.17) is 4.52 Å². The van der Waals surface area contributed by atoms with E-state index in [1.54, 1.807) is 30.5 Å². The van der Waals surface area contributed by atoms with Crippen LogP contribution in [0.3, 0.4) is 0 Å². The Labute approximate surface area is 168 Å². The topological polar surface area (TPSA) is 84.2 Å². The zero-order valence-electron chi connectivity index (χ0n) is 16.0. The van der Waals surface area contributed by atoms with Crippen LogP contribution < -0.4 is 10.2 Å². The molecule has 1 aliphatic heterocycles. The van der Waals surface area contributed by atoms with E-state index in [0.717, 1.165) is 37.3 Å². The second-order valence-corrected chi connectivity index (χ2v) is 7.00. The normalized spacial score (nSPS) is 14.4. The average molecular weight is 395 g/mol. The number of hydrogen-bond donors (Lipinski definition) is 1. The van der Waals surface area contributed by atoms with Gasteiger partial charge in [0.05, 0.1) is 0 Å². The average Bonchev–Trinajstić information content (AvgIpc) is 3.09. The first-order valence-corrected chi connectivity index (χ1v) is 9.77. The van der Waals surface area contributed by atoms with Crippen molar-refractivity contribution in [2.45, 2.75) is 32.2 Å². The third-order valence-corrected chi connectivity index (χ3v) is 4.95. The standard InChI is InChI=1S/C21H22FN5O2/c22-17-8-4-3-7-16(17)14-24-20(28)21-25-19(26-29-21)15-9-10-23-18(13-15)27-11-5-1-2-6-12-27/h3-4,7-10,13H,1-2,5-6,11-12,14H2,(H,24,28). The van der Waals surface area contributed by atoms with Crippen molar-refractivity contribution >= 4 is 11.7 Å². The summed E-state index contributed by atoms with van der Waals surface area (Å²) in [5.74, 6) is 0.106. The van der Waals surface area contributed by atoms with Crippen molar-refractivity contribution in [3.05, 3.63) is 59.9 Å². The van der Waals surface area contributed by atoms with E-state index >= 15 is 0 Å². The first-order valence-electron chi connectivity index (χ1n) is 9.77. The summed E-state index contributed by atoms with van der Waals surface area (Å²) in [6, 6.07) is 9.96. The van der Waals surface area contributed by atoms with Crippen molar-refractivity contribution in [3.8, 4) is 11.4 Å². The van der Waals surface area contributed by atoms with Crippen LogP contribution in [0.1, 0.15) is 41.9 Å². The van der Waals surface area contributed by atoms with Crippen LogP contribution in [0.2, 0.25) is 0 Å². The van der Waals surface area contributed by atoms with Crippen LogP contribution in [0, 0.1) is 5.82 Å². The number of nitrogens with zero attached hydrogens (tertiary/aromatic N) is 4. The van der Waals surface area contributed by atoms with Crippen LogP contribution >= 0.6 is 0 Å². The third-order valence-electron chi connectivity index (χ3n) is 4.95. The maximum atomic E-state index is 13.7. The second-order valence-electron chi connectivity index (χ2n) is 7.00. The Morgan fingerprint density at radius 3 is 2.72 bits per heavy atom. The lowest BCUT2D eigenvalue weighted by atomic mass is 10.2. The summed E-state index contributed by atoms with van der Waals surface area (Å²) < 4.78 is 18.8. The van der Waals surface area contributed by atoms with Crippen molar-refractivity contribution < 1.29 is 13.7 Å². The van der Waals surface area contributed by atoms with Crippen LogP contribution in [0.25, 0.3) is 11.4 Å². The molecule has 0 bridgehead atoms. The van der Waals surface area contributed by atoms with Gasteiger partial charge in [-0.15, -0.1) is 0 Å². The smallest absolute Gasteiger partial charge is 0.316 e. The molecule has 0 atom stereocenters. The van der Waals surface area contributed by atoms with Gasteiger partial charge in [0, 0.05) is 37.0 Å². The van der Waals surface area contributed by atoms with E-state index in [1.165, 1.54) is 18.9 Å². The lowest BCUT2D eigenvalue weighted by Gasteiger charge is -2.21. The molecule has 2 aromatic heterocycles. The molecule has 1 saturated heterocycles. The Balaban J connectivity index is 1.45. The van der Waals surface area contributed by atoms with Crippen LogP contribution in [-0.4, -0.2) is 34.1 Å². The molecule has 1 aliphatic rings. The van der Waals surface area contributed by atoms with Gasteiger partial charge in [0.25, 0.3) is 0 Å². The molecule has 3 aromatic rings. The molecule has 4 rings (SSSR count). The highest BCUT2D eigenvalue weighted by Crippen LogP contribution is 2.23. The van der Waals surface area contributed by atoms with Gasteiger partial charge in [-0.2, -0.15) is 4.98 Å². The molecule has 3 heterocycles. The number of carbonyl (C=O) groups is 1. The molecule has 0 aliphatic carbocycles. The van der Waals surface area contributed by atoms with Gasteiger partial charge in [0.2, 0.25) is 5.82 Å². The van der Waals surface area contributed by atoms with Gasteiger partial charge in [0.1, 0.15) is 11.6 Å². The van der Waals surface area contributed by atoms with Crippen molar-refractivity contribution in [1.82, 2.24) is 20.4 Å². The molecule has 8 heteroatoms. The number of halogens is 1. The summed E-state index contributed by atoms with van der Waals surface area (Å²) in [5.41, 5.74) is 1.12. The molecule has 1 N–H and O–H groups in total. The molecular formula is C21H22FN5O2. The van der Waals surface area contributed by atoms with Gasteiger partial charge in [-0.05, 0) is 31.0 Å². The first-order chi connectivity index (χ1) is 14.2. The quantitative estimate of drug-likeness (QED) is 0.711. The van der Waals surface area contributed by atoms with Crippen molar-refractivity contribution in [2.75, 3.05) is 18.0 Å². The van der Waals surface area contributed by atoms with Crippen LogP contribution in [0.15, 0.2) is 47.1 Å². The Bertz CT molecular complexity index is 982. The predicted molar refractivity (Wildman–Crippen MR) is 106 cm³/mol. The lowest BCUT2D eigenvalue weighted by molar-refractivity contribution is 0.0906. The monoisotopic (exact) mass is 395 g/mol. The highest BCUT2D eigenvalue weighted by molar-refractivity contribution is 5.89. The second kappa shape index (κ2) is 8.81. The van der Waals surface area contributed by atoms with Gasteiger partial charge in [0.15, 0.2) is 0 Å². The predicted octanol–water partition coefficient (Wildman–Crippen LogP) is 3.58. The number of rotatable bonds is 5. The fourth-order valence-corrected chi connectivity index (χ4v) is 3.36. The van der Waals surface area contributed by atoms with Gasteiger partial charge >= 0.3 is 11.8 Å². The van der Waals surface area contributed by atoms with E-state index in [-0.39, 0.29) is 18.3 Å². The molecule has 1 aromatic carbocycles. The van der Waals surface area contributed by atoms with E-state index < -0.39 is 5.91 Å².